The molecule has 98 valence electrons. The summed E-state index contributed by atoms with van der Waals surface area (Å²) in [6, 6.07) is 12.4. The molecule has 5 heteroatoms. The van der Waals surface area contributed by atoms with Gasteiger partial charge < -0.3 is 5.32 Å². The third-order valence-electron chi connectivity index (χ3n) is 2.53. The van der Waals surface area contributed by atoms with Gasteiger partial charge in [-0.25, -0.2) is 0 Å². The Morgan fingerprint density at radius 3 is 2.53 bits per heavy atom. The molecule has 2 aromatic carbocycles. The maximum atomic E-state index is 12.2. The smallest absolute Gasteiger partial charge is 0.256 e. The summed E-state index contributed by atoms with van der Waals surface area (Å²) in [7, 11) is 0. The second-order valence-corrected chi connectivity index (χ2v) is 5.45. The first-order valence-electron chi connectivity index (χ1n) is 5.51. The molecule has 0 heterocycles. The maximum absolute atomic E-state index is 12.2. The SMILES string of the molecule is CSc1ccccc1C(=O)Nc1ccc(Cl)c(Cl)c1. The number of carbonyl (C=O) groups is 1. The predicted molar refractivity (Wildman–Crippen MR) is 82.6 cm³/mol. The van der Waals surface area contributed by atoms with E-state index in [4.69, 9.17) is 23.2 Å². The van der Waals surface area contributed by atoms with Gasteiger partial charge in [0.15, 0.2) is 0 Å². The van der Waals surface area contributed by atoms with Crippen molar-refractivity contribution < 1.29 is 4.79 Å². The van der Waals surface area contributed by atoms with E-state index in [-0.39, 0.29) is 5.91 Å². The monoisotopic (exact) mass is 311 g/mol. The Balaban J connectivity index is 2.23. The molecule has 0 unspecified atom stereocenters. The Morgan fingerprint density at radius 1 is 1.11 bits per heavy atom. The number of nitrogens with one attached hydrogen (secondary N) is 1. The summed E-state index contributed by atoms with van der Waals surface area (Å²) in [5.41, 5.74) is 1.26. The third kappa shape index (κ3) is 3.44. The Kier molecular flexibility index (Phi) is 4.75. The summed E-state index contributed by atoms with van der Waals surface area (Å²) in [5, 5.41) is 3.68. The normalized spacial score (nSPS) is 10.3. The molecule has 0 aliphatic heterocycles. The summed E-state index contributed by atoms with van der Waals surface area (Å²) < 4.78 is 0. The number of anilines is 1. The highest BCUT2D eigenvalue weighted by atomic mass is 35.5. The molecule has 0 radical (unpaired) electrons. The molecule has 1 N–H and O–H groups in total. The zero-order chi connectivity index (χ0) is 13.8. The fourth-order valence-corrected chi connectivity index (χ4v) is 2.50. The average Bonchev–Trinajstić information content (AvgIpc) is 2.43. The fraction of sp³-hybridized carbons (Fsp3) is 0.0714. The first-order chi connectivity index (χ1) is 9.11. The highest BCUT2D eigenvalue weighted by molar-refractivity contribution is 7.98. The first-order valence-corrected chi connectivity index (χ1v) is 7.49. The van der Waals surface area contributed by atoms with Crippen LogP contribution < -0.4 is 5.32 Å². The second-order valence-electron chi connectivity index (χ2n) is 3.78. The first kappa shape index (κ1) is 14.3. The van der Waals surface area contributed by atoms with E-state index >= 15 is 0 Å². The lowest BCUT2D eigenvalue weighted by atomic mass is 10.2. The van der Waals surface area contributed by atoms with Crippen LogP contribution in [0.5, 0.6) is 0 Å². The molecule has 2 nitrogen and oxygen atoms in total. The van der Waals surface area contributed by atoms with Crippen molar-refractivity contribution in [3.8, 4) is 0 Å². The lowest BCUT2D eigenvalue weighted by Crippen LogP contribution is -2.12. The number of benzene rings is 2. The largest absolute Gasteiger partial charge is 0.322 e. The van der Waals surface area contributed by atoms with Crippen molar-refractivity contribution in [1.29, 1.82) is 0 Å². The lowest BCUT2D eigenvalue weighted by Gasteiger charge is -2.09. The van der Waals surface area contributed by atoms with Crippen LogP contribution in [0.3, 0.4) is 0 Å². The maximum Gasteiger partial charge on any atom is 0.256 e. The summed E-state index contributed by atoms with van der Waals surface area (Å²) in [4.78, 5) is 13.1. The Hall–Kier alpha value is -1.16. The van der Waals surface area contributed by atoms with E-state index in [2.05, 4.69) is 5.32 Å². The average molecular weight is 312 g/mol. The van der Waals surface area contributed by atoms with Crippen LogP contribution in [0, 0.1) is 0 Å². The van der Waals surface area contributed by atoms with E-state index < -0.39 is 0 Å². The van der Waals surface area contributed by atoms with E-state index in [1.807, 2.05) is 24.5 Å². The molecule has 0 aliphatic rings. The minimum atomic E-state index is -0.164. The van der Waals surface area contributed by atoms with Crippen LogP contribution in [0.25, 0.3) is 0 Å². The van der Waals surface area contributed by atoms with Gasteiger partial charge >= 0.3 is 0 Å². The Morgan fingerprint density at radius 2 is 1.84 bits per heavy atom. The number of halogens is 2. The van der Waals surface area contributed by atoms with Crippen molar-refractivity contribution in [2.24, 2.45) is 0 Å². The Labute approximate surface area is 126 Å². The minimum Gasteiger partial charge on any atom is -0.322 e. The van der Waals surface area contributed by atoms with Gasteiger partial charge in [0.25, 0.3) is 5.91 Å². The highest BCUT2D eigenvalue weighted by Gasteiger charge is 2.11. The van der Waals surface area contributed by atoms with Crippen molar-refractivity contribution in [2.75, 3.05) is 11.6 Å². The number of thioether (sulfide) groups is 1. The van der Waals surface area contributed by atoms with E-state index in [1.54, 1.807) is 24.3 Å². The topological polar surface area (TPSA) is 29.1 Å². The molecule has 2 rings (SSSR count). The fourth-order valence-electron chi connectivity index (χ4n) is 1.60. The van der Waals surface area contributed by atoms with Gasteiger partial charge in [-0.1, -0.05) is 35.3 Å². The summed E-state index contributed by atoms with van der Waals surface area (Å²) >= 11 is 13.3. The molecule has 0 saturated heterocycles. The van der Waals surface area contributed by atoms with Gasteiger partial charge in [0.1, 0.15) is 0 Å². The highest BCUT2D eigenvalue weighted by Crippen LogP contribution is 2.26. The van der Waals surface area contributed by atoms with E-state index in [0.717, 1.165) is 4.90 Å². The Bertz CT molecular complexity index is 616. The van der Waals surface area contributed by atoms with Gasteiger partial charge in [0.05, 0.1) is 15.6 Å². The number of rotatable bonds is 3. The van der Waals surface area contributed by atoms with E-state index in [9.17, 15) is 4.79 Å². The molecule has 0 aliphatic carbocycles. The van der Waals surface area contributed by atoms with Crippen LogP contribution in [0.4, 0.5) is 5.69 Å². The minimum absolute atomic E-state index is 0.164. The van der Waals surface area contributed by atoms with E-state index in [1.165, 1.54) is 11.8 Å². The standard InChI is InChI=1S/C14H11Cl2NOS/c1-19-13-5-3-2-4-10(13)14(18)17-9-6-7-11(15)12(16)8-9/h2-8H,1H3,(H,17,18). The van der Waals surface area contributed by atoms with Crippen molar-refractivity contribution in [1.82, 2.24) is 0 Å². The molecule has 0 aromatic heterocycles. The zero-order valence-electron chi connectivity index (χ0n) is 10.1. The van der Waals surface area contributed by atoms with Crippen LogP contribution in [-0.2, 0) is 0 Å². The predicted octanol–water partition coefficient (Wildman–Crippen LogP) is 4.97. The van der Waals surface area contributed by atoms with Crippen LogP contribution in [0.15, 0.2) is 47.4 Å². The molecule has 0 saturated carbocycles. The molecule has 0 spiro atoms. The van der Waals surface area contributed by atoms with Crippen molar-refractivity contribution in [3.63, 3.8) is 0 Å². The van der Waals surface area contributed by atoms with Gasteiger partial charge in [0, 0.05) is 10.6 Å². The summed E-state index contributed by atoms with van der Waals surface area (Å²) in [6.45, 7) is 0. The van der Waals surface area contributed by atoms with Crippen LogP contribution in [-0.4, -0.2) is 12.2 Å². The van der Waals surface area contributed by atoms with Crippen molar-refractivity contribution >= 4 is 46.6 Å². The van der Waals surface area contributed by atoms with Gasteiger partial charge in [-0.3, -0.25) is 4.79 Å². The molecular weight excluding hydrogens is 301 g/mol. The molecule has 1 amide bonds. The number of carbonyl (C=O) groups excluding carboxylic acids is 1. The van der Waals surface area contributed by atoms with Gasteiger partial charge in [-0.2, -0.15) is 0 Å². The van der Waals surface area contributed by atoms with Crippen LogP contribution >= 0.6 is 35.0 Å². The quantitative estimate of drug-likeness (QED) is 0.811. The zero-order valence-corrected chi connectivity index (χ0v) is 12.4. The summed E-state index contributed by atoms with van der Waals surface area (Å²) in [6.07, 6.45) is 1.94. The van der Waals surface area contributed by atoms with Crippen molar-refractivity contribution in [3.05, 3.63) is 58.1 Å². The third-order valence-corrected chi connectivity index (χ3v) is 4.06. The number of hydrogen-bond acceptors (Lipinski definition) is 2. The molecule has 0 bridgehead atoms. The lowest BCUT2D eigenvalue weighted by molar-refractivity contribution is 0.102. The van der Waals surface area contributed by atoms with E-state index in [0.29, 0.717) is 21.3 Å². The summed E-state index contributed by atoms with van der Waals surface area (Å²) in [5.74, 6) is -0.164. The molecular formula is C14H11Cl2NOS. The molecule has 19 heavy (non-hydrogen) atoms. The van der Waals surface area contributed by atoms with Crippen molar-refractivity contribution in [2.45, 2.75) is 4.90 Å². The van der Waals surface area contributed by atoms with Gasteiger partial charge in [-0.05, 0) is 36.6 Å². The molecule has 2 aromatic rings. The van der Waals surface area contributed by atoms with Crippen LogP contribution in [0.1, 0.15) is 10.4 Å². The molecule has 0 atom stereocenters. The van der Waals surface area contributed by atoms with Gasteiger partial charge in [0.2, 0.25) is 0 Å². The van der Waals surface area contributed by atoms with Gasteiger partial charge in [-0.15, -0.1) is 11.8 Å². The molecule has 0 fully saturated rings. The second kappa shape index (κ2) is 6.33. The number of hydrogen-bond donors (Lipinski definition) is 1. The number of amides is 1. The van der Waals surface area contributed by atoms with Crippen LogP contribution in [0.2, 0.25) is 10.0 Å².